The summed E-state index contributed by atoms with van der Waals surface area (Å²) < 4.78 is 5.42. The Bertz CT molecular complexity index is 475. The minimum atomic E-state index is -0.423. The molecule has 0 spiro atoms. The normalized spacial score (nSPS) is 14.0. The Kier molecular flexibility index (Phi) is 3.20. The van der Waals surface area contributed by atoms with Gasteiger partial charge in [0.15, 0.2) is 0 Å². The number of rotatable bonds is 1. The topological polar surface area (TPSA) is 55.4 Å². The summed E-state index contributed by atoms with van der Waals surface area (Å²) in [7, 11) is 1.32. The minimum absolute atomic E-state index is 0.0635. The third kappa shape index (κ3) is 2.08. The van der Waals surface area contributed by atoms with E-state index in [4.69, 9.17) is 0 Å². The van der Waals surface area contributed by atoms with Gasteiger partial charge in [-0.3, -0.25) is 4.79 Å². The number of nitrogens with one attached hydrogen (secondary N) is 1. The lowest BCUT2D eigenvalue weighted by molar-refractivity contribution is -0.113. The molecule has 1 aromatic carbocycles. The molecule has 1 aliphatic rings. The highest BCUT2D eigenvalue weighted by Gasteiger charge is 2.20. The van der Waals surface area contributed by atoms with Crippen LogP contribution in [0, 0.1) is 0 Å². The maximum absolute atomic E-state index is 11.4. The molecule has 0 atom stereocenters. The molecule has 0 bridgehead atoms. The molecule has 0 aliphatic carbocycles. The van der Waals surface area contributed by atoms with Gasteiger partial charge in [0.1, 0.15) is 0 Å². The fraction of sp³-hybridized carbons (Fsp3) is 0.200. The maximum atomic E-state index is 11.4. The van der Waals surface area contributed by atoms with Crippen molar-refractivity contribution in [2.75, 3.05) is 18.2 Å². The molecule has 1 amide bonds. The summed E-state index contributed by atoms with van der Waals surface area (Å²) in [6.45, 7) is 0. The first-order valence-electron chi connectivity index (χ1n) is 4.46. The number of benzene rings is 1. The van der Waals surface area contributed by atoms with Gasteiger partial charge >= 0.3 is 5.97 Å². The fourth-order valence-corrected chi connectivity index (χ4v) is 3.01. The molecular formula is C10H8BrNO3S. The van der Waals surface area contributed by atoms with Gasteiger partial charge in [-0.25, -0.2) is 4.79 Å². The lowest BCUT2D eigenvalue weighted by Crippen LogP contribution is -2.19. The monoisotopic (exact) mass is 301 g/mol. The summed E-state index contributed by atoms with van der Waals surface area (Å²) in [6.07, 6.45) is 0. The molecule has 16 heavy (non-hydrogen) atoms. The zero-order valence-corrected chi connectivity index (χ0v) is 10.8. The Morgan fingerprint density at radius 2 is 2.31 bits per heavy atom. The standard InChI is InChI=1S/C10H8BrNO3S/c1-15-10(14)5-2-6(11)9-7(3-5)12-8(13)4-16-9/h2-3H,4H2,1H3,(H,12,13). The molecule has 6 heteroatoms. The first-order chi connectivity index (χ1) is 7.61. The zero-order chi connectivity index (χ0) is 11.7. The zero-order valence-electron chi connectivity index (χ0n) is 8.37. The number of carbonyl (C=O) groups is 2. The number of ether oxygens (including phenoxy) is 1. The Morgan fingerprint density at radius 1 is 1.56 bits per heavy atom. The molecule has 4 nitrogen and oxygen atoms in total. The summed E-state index contributed by atoms with van der Waals surface area (Å²) in [5, 5.41) is 2.72. The molecule has 1 aromatic rings. The molecule has 1 heterocycles. The van der Waals surface area contributed by atoms with E-state index in [1.807, 2.05) is 0 Å². The number of fused-ring (bicyclic) bond motifs is 1. The largest absolute Gasteiger partial charge is 0.465 e. The number of thioether (sulfide) groups is 1. The molecule has 2 rings (SSSR count). The SMILES string of the molecule is COC(=O)c1cc(Br)c2c(c1)NC(=O)CS2. The molecule has 0 radical (unpaired) electrons. The lowest BCUT2D eigenvalue weighted by Gasteiger charge is -2.18. The second kappa shape index (κ2) is 4.47. The number of methoxy groups -OCH3 is 1. The van der Waals surface area contributed by atoms with Crippen LogP contribution >= 0.6 is 27.7 Å². The van der Waals surface area contributed by atoms with Crippen LogP contribution < -0.4 is 5.32 Å². The van der Waals surface area contributed by atoms with Crippen molar-refractivity contribution in [1.29, 1.82) is 0 Å². The van der Waals surface area contributed by atoms with E-state index >= 15 is 0 Å². The molecule has 0 unspecified atom stereocenters. The molecule has 0 aromatic heterocycles. The van der Waals surface area contributed by atoms with Gasteiger partial charge in [-0.2, -0.15) is 0 Å². The number of halogens is 1. The Hall–Kier alpha value is -1.01. The van der Waals surface area contributed by atoms with Crippen molar-refractivity contribution in [1.82, 2.24) is 0 Å². The predicted octanol–water partition coefficient (Wildman–Crippen LogP) is 2.28. The van der Waals surface area contributed by atoms with Crippen molar-refractivity contribution >= 4 is 45.3 Å². The van der Waals surface area contributed by atoms with Crippen molar-refractivity contribution in [2.24, 2.45) is 0 Å². The Balaban J connectivity index is 2.47. The number of amides is 1. The van der Waals surface area contributed by atoms with Crippen LogP contribution in [-0.4, -0.2) is 24.7 Å². The van der Waals surface area contributed by atoms with Crippen molar-refractivity contribution in [3.63, 3.8) is 0 Å². The number of carbonyl (C=O) groups excluding carboxylic acids is 2. The highest BCUT2D eigenvalue weighted by molar-refractivity contribution is 9.10. The number of hydrogen-bond acceptors (Lipinski definition) is 4. The smallest absolute Gasteiger partial charge is 0.337 e. The van der Waals surface area contributed by atoms with E-state index in [9.17, 15) is 9.59 Å². The van der Waals surface area contributed by atoms with Crippen molar-refractivity contribution < 1.29 is 14.3 Å². The number of hydrogen-bond donors (Lipinski definition) is 1. The van der Waals surface area contributed by atoms with E-state index in [2.05, 4.69) is 26.0 Å². The molecule has 0 saturated heterocycles. The highest BCUT2D eigenvalue weighted by atomic mass is 79.9. The van der Waals surface area contributed by atoms with Gasteiger partial charge in [0.05, 0.1) is 24.1 Å². The van der Waals surface area contributed by atoms with Gasteiger partial charge in [0, 0.05) is 9.37 Å². The molecular weight excluding hydrogens is 294 g/mol. The average molecular weight is 302 g/mol. The highest BCUT2D eigenvalue weighted by Crippen LogP contribution is 2.38. The van der Waals surface area contributed by atoms with Crippen LogP contribution in [0.4, 0.5) is 5.69 Å². The van der Waals surface area contributed by atoms with Gasteiger partial charge in [-0.15, -0.1) is 11.8 Å². The van der Waals surface area contributed by atoms with Crippen LogP contribution in [0.25, 0.3) is 0 Å². The molecule has 0 saturated carbocycles. The summed E-state index contributed by atoms with van der Waals surface area (Å²) in [5.41, 5.74) is 1.06. The lowest BCUT2D eigenvalue weighted by atomic mass is 10.2. The molecule has 1 aliphatic heterocycles. The van der Waals surface area contributed by atoms with E-state index in [0.717, 1.165) is 9.37 Å². The first kappa shape index (κ1) is 11.5. The summed E-state index contributed by atoms with van der Waals surface area (Å²) in [4.78, 5) is 23.5. The Labute approximate surface area is 105 Å². The molecule has 84 valence electrons. The third-order valence-electron chi connectivity index (χ3n) is 2.09. The maximum Gasteiger partial charge on any atom is 0.337 e. The van der Waals surface area contributed by atoms with Crippen molar-refractivity contribution in [3.05, 3.63) is 22.2 Å². The number of anilines is 1. The predicted molar refractivity (Wildman–Crippen MR) is 64.8 cm³/mol. The van der Waals surface area contributed by atoms with Crippen LogP contribution in [0.1, 0.15) is 10.4 Å². The van der Waals surface area contributed by atoms with Crippen molar-refractivity contribution in [3.8, 4) is 0 Å². The second-order valence-corrected chi connectivity index (χ2v) is 5.00. The van der Waals surface area contributed by atoms with Crippen LogP contribution in [0.3, 0.4) is 0 Å². The number of esters is 1. The van der Waals surface area contributed by atoms with Crippen LogP contribution in [-0.2, 0) is 9.53 Å². The average Bonchev–Trinajstić information content (AvgIpc) is 2.27. The third-order valence-corrected chi connectivity index (χ3v) is 4.11. The van der Waals surface area contributed by atoms with Gasteiger partial charge in [0.25, 0.3) is 0 Å². The van der Waals surface area contributed by atoms with E-state index in [1.54, 1.807) is 12.1 Å². The summed E-state index contributed by atoms with van der Waals surface area (Å²) in [5.74, 6) is -0.0943. The fourth-order valence-electron chi connectivity index (χ4n) is 1.39. The van der Waals surface area contributed by atoms with E-state index in [0.29, 0.717) is 17.0 Å². The summed E-state index contributed by atoms with van der Waals surface area (Å²) in [6, 6.07) is 3.31. The van der Waals surface area contributed by atoms with Crippen LogP contribution in [0.5, 0.6) is 0 Å². The van der Waals surface area contributed by atoms with Gasteiger partial charge in [-0.05, 0) is 28.1 Å². The van der Waals surface area contributed by atoms with Crippen molar-refractivity contribution in [2.45, 2.75) is 4.90 Å². The van der Waals surface area contributed by atoms with Crippen LogP contribution in [0.15, 0.2) is 21.5 Å². The van der Waals surface area contributed by atoms with E-state index in [1.165, 1.54) is 18.9 Å². The van der Waals surface area contributed by atoms with Gasteiger partial charge < -0.3 is 10.1 Å². The Morgan fingerprint density at radius 3 is 3.00 bits per heavy atom. The first-order valence-corrected chi connectivity index (χ1v) is 6.24. The molecule has 1 N–H and O–H groups in total. The van der Waals surface area contributed by atoms with E-state index in [-0.39, 0.29) is 5.91 Å². The van der Waals surface area contributed by atoms with Gasteiger partial charge in [0.2, 0.25) is 5.91 Å². The van der Waals surface area contributed by atoms with Gasteiger partial charge in [-0.1, -0.05) is 0 Å². The second-order valence-electron chi connectivity index (χ2n) is 3.16. The minimum Gasteiger partial charge on any atom is -0.465 e. The van der Waals surface area contributed by atoms with E-state index < -0.39 is 5.97 Å². The molecule has 0 fully saturated rings. The van der Waals surface area contributed by atoms with Crippen LogP contribution in [0.2, 0.25) is 0 Å². The summed E-state index contributed by atoms with van der Waals surface area (Å²) >= 11 is 4.81. The quantitative estimate of drug-likeness (QED) is 0.809.